The van der Waals surface area contributed by atoms with E-state index in [0.29, 0.717) is 22.9 Å². The molecule has 0 aliphatic carbocycles. The topological polar surface area (TPSA) is 50.7 Å². The number of nitrogens with one attached hydrogen (secondary N) is 1. The van der Waals surface area contributed by atoms with Crippen molar-refractivity contribution in [3.8, 4) is 5.75 Å². The van der Waals surface area contributed by atoms with Crippen molar-refractivity contribution in [1.82, 2.24) is 5.43 Å². The quantitative estimate of drug-likeness (QED) is 0.407. The van der Waals surface area contributed by atoms with Crippen LogP contribution in [0.1, 0.15) is 21.5 Å². The maximum atomic E-state index is 12.0. The summed E-state index contributed by atoms with van der Waals surface area (Å²) < 4.78 is 6.70. The zero-order valence-electron chi connectivity index (χ0n) is 14.2. The molecule has 27 heavy (non-hydrogen) atoms. The number of benzene rings is 3. The zero-order chi connectivity index (χ0) is 19.1. The molecule has 0 aliphatic rings. The average Bonchev–Trinajstić information content (AvgIpc) is 2.68. The molecule has 0 aromatic heterocycles. The largest absolute Gasteiger partial charge is 0.489 e. The number of carbonyl (C=O) groups excluding carboxylic acids is 1. The van der Waals surface area contributed by atoms with Gasteiger partial charge in [-0.1, -0.05) is 51.8 Å². The standard InChI is InChI=1S/C21H16BrClN2O2/c22-18-8-6-17(7-9-18)21(26)25-24-13-16-2-1-3-20(12-16)27-14-15-4-10-19(23)11-5-15/h1-13H,14H2,(H,25,26)/b24-13-. The molecule has 4 nitrogen and oxygen atoms in total. The average molecular weight is 444 g/mol. The van der Waals surface area contributed by atoms with Crippen LogP contribution in [0.15, 0.2) is 82.4 Å². The van der Waals surface area contributed by atoms with Crippen molar-refractivity contribution in [1.29, 1.82) is 0 Å². The van der Waals surface area contributed by atoms with Gasteiger partial charge in [-0.25, -0.2) is 5.43 Å². The van der Waals surface area contributed by atoms with Gasteiger partial charge < -0.3 is 4.74 Å². The van der Waals surface area contributed by atoms with Gasteiger partial charge in [-0.2, -0.15) is 5.10 Å². The summed E-state index contributed by atoms with van der Waals surface area (Å²) in [6.45, 7) is 0.443. The van der Waals surface area contributed by atoms with Crippen LogP contribution in [-0.4, -0.2) is 12.1 Å². The summed E-state index contributed by atoms with van der Waals surface area (Å²) in [5, 5.41) is 4.70. The van der Waals surface area contributed by atoms with Gasteiger partial charge in [0.2, 0.25) is 0 Å². The third kappa shape index (κ3) is 5.94. The second-order valence-corrected chi connectivity index (χ2v) is 7.05. The van der Waals surface area contributed by atoms with E-state index in [0.717, 1.165) is 15.6 Å². The third-order valence-electron chi connectivity index (χ3n) is 3.66. The molecule has 1 amide bonds. The van der Waals surface area contributed by atoms with Gasteiger partial charge in [0.25, 0.3) is 5.91 Å². The van der Waals surface area contributed by atoms with Crippen LogP contribution in [0.25, 0.3) is 0 Å². The van der Waals surface area contributed by atoms with Gasteiger partial charge in [0.15, 0.2) is 0 Å². The number of hydrazone groups is 1. The fourth-order valence-electron chi connectivity index (χ4n) is 2.26. The maximum absolute atomic E-state index is 12.0. The Kier molecular flexibility index (Phi) is 6.63. The predicted octanol–water partition coefficient (Wildman–Crippen LogP) is 5.45. The summed E-state index contributed by atoms with van der Waals surface area (Å²) in [4.78, 5) is 12.0. The molecule has 3 aromatic rings. The van der Waals surface area contributed by atoms with Crippen molar-refractivity contribution in [2.24, 2.45) is 5.10 Å². The van der Waals surface area contributed by atoms with E-state index in [9.17, 15) is 4.79 Å². The monoisotopic (exact) mass is 442 g/mol. The lowest BCUT2D eigenvalue weighted by Gasteiger charge is -2.07. The van der Waals surface area contributed by atoms with Crippen molar-refractivity contribution in [3.05, 3.63) is 99.0 Å². The van der Waals surface area contributed by atoms with Crippen LogP contribution in [0.4, 0.5) is 0 Å². The number of halogens is 2. The van der Waals surface area contributed by atoms with Crippen molar-refractivity contribution in [3.63, 3.8) is 0 Å². The smallest absolute Gasteiger partial charge is 0.271 e. The summed E-state index contributed by atoms with van der Waals surface area (Å²) in [6.07, 6.45) is 1.58. The maximum Gasteiger partial charge on any atom is 0.271 e. The summed E-state index contributed by atoms with van der Waals surface area (Å²) in [5.74, 6) is 0.446. The highest BCUT2D eigenvalue weighted by Crippen LogP contribution is 2.16. The molecule has 0 radical (unpaired) electrons. The minimum absolute atomic E-state index is 0.270. The van der Waals surface area contributed by atoms with Crippen molar-refractivity contribution in [2.45, 2.75) is 6.61 Å². The van der Waals surface area contributed by atoms with E-state index in [1.807, 2.05) is 48.5 Å². The number of ether oxygens (including phenoxy) is 1. The summed E-state index contributed by atoms with van der Waals surface area (Å²) >= 11 is 9.22. The first-order chi connectivity index (χ1) is 13.1. The Labute approximate surface area is 171 Å². The lowest BCUT2D eigenvalue weighted by molar-refractivity contribution is 0.0955. The highest BCUT2D eigenvalue weighted by atomic mass is 79.9. The van der Waals surface area contributed by atoms with E-state index >= 15 is 0 Å². The van der Waals surface area contributed by atoms with Crippen LogP contribution in [0.3, 0.4) is 0 Å². The predicted molar refractivity (Wildman–Crippen MR) is 111 cm³/mol. The van der Waals surface area contributed by atoms with E-state index in [1.165, 1.54) is 0 Å². The molecule has 3 aromatic carbocycles. The normalized spacial score (nSPS) is 10.7. The molecular weight excluding hydrogens is 428 g/mol. The number of hydrogen-bond acceptors (Lipinski definition) is 3. The van der Waals surface area contributed by atoms with Gasteiger partial charge in [-0.3, -0.25) is 4.79 Å². The van der Waals surface area contributed by atoms with E-state index in [2.05, 4.69) is 26.5 Å². The number of carbonyl (C=O) groups is 1. The van der Waals surface area contributed by atoms with Crippen molar-refractivity contribution in [2.75, 3.05) is 0 Å². The van der Waals surface area contributed by atoms with Gasteiger partial charge in [0.05, 0.1) is 6.21 Å². The van der Waals surface area contributed by atoms with Crippen LogP contribution in [-0.2, 0) is 6.61 Å². The Bertz CT molecular complexity index is 941. The van der Waals surface area contributed by atoms with Crippen LogP contribution >= 0.6 is 27.5 Å². The molecule has 3 rings (SSSR count). The SMILES string of the molecule is O=C(N/N=C\c1cccc(OCc2ccc(Cl)cc2)c1)c1ccc(Br)cc1. The summed E-state index contributed by atoms with van der Waals surface area (Å²) in [5.41, 5.74) is 4.90. The van der Waals surface area contributed by atoms with Crippen molar-refractivity contribution < 1.29 is 9.53 Å². The molecule has 6 heteroatoms. The van der Waals surface area contributed by atoms with Gasteiger partial charge >= 0.3 is 0 Å². The molecule has 0 bridgehead atoms. The fourth-order valence-corrected chi connectivity index (χ4v) is 2.65. The number of nitrogens with zero attached hydrogens (tertiary/aromatic N) is 1. The minimum Gasteiger partial charge on any atom is -0.489 e. The minimum atomic E-state index is -0.270. The highest BCUT2D eigenvalue weighted by Gasteiger charge is 2.03. The van der Waals surface area contributed by atoms with Gasteiger partial charge in [0.1, 0.15) is 12.4 Å². The number of hydrogen-bond donors (Lipinski definition) is 1. The van der Waals surface area contributed by atoms with Crippen LogP contribution in [0, 0.1) is 0 Å². The first kappa shape index (κ1) is 19.1. The first-order valence-electron chi connectivity index (χ1n) is 8.16. The highest BCUT2D eigenvalue weighted by molar-refractivity contribution is 9.10. The summed E-state index contributed by atoms with van der Waals surface area (Å²) in [7, 11) is 0. The van der Waals surface area contributed by atoms with Crippen LogP contribution in [0.2, 0.25) is 5.02 Å². The first-order valence-corrected chi connectivity index (χ1v) is 9.33. The molecule has 0 unspecified atom stereocenters. The van der Waals surface area contributed by atoms with E-state index in [-0.39, 0.29) is 5.91 Å². The van der Waals surface area contributed by atoms with E-state index < -0.39 is 0 Å². The molecule has 0 fully saturated rings. The molecule has 1 N–H and O–H groups in total. The van der Waals surface area contributed by atoms with Gasteiger partial charge in [-0.15, -0.1) is 0 Å². The summed E-state index contributed by atoms with van der Waals surface area (Å²) in [6, 6.07) is 22.0. The molecule has 0 spiro atoms. The zero-order valence-corrected chi connectivity index (χ0v) is 16.6. The lowest BCUT2D eigenvalue weighted by atomic mass is 10.2. The number of amides is 1. The molecule has 0 heterocycles. The Balaban J connectivity index is 1.56. The Hall–Kier alpha value is -2.63. The second-order valence-electron chi connectivity index (χ2n) is 5.69. The molecular formula is C21H16BrClN2O2. The lowest BCUT2D eigenvalue weighted by Crippen LogP contribution is -2.17. The van der Waals surface area contributed by atoms with Gasteiger partial charge in [0, 0.05) is 15.1 Å². The fraction of sp³-hybridized carbons (Fsp3) is 0.0476. The third-order valence-corrected chi connectivity index (χ3v) is 4.44. The second kappa shape index (κ2) is 9.35. The van der Waals surface area contributed by atoms with Crippen LogP contribution in [0.5, 0.6) is 5.75 Å². The molecule has 0 saturated carbocycles. The Morgan fingerprint density at radius 3 is 2.56 bits per heavy atom. The Morgan fingerprint density at radius 2 is 1.81 bits per heavy atom. The Morgan fingerprint density at radius 1 is 1.07 bits per heavy atom. The van der Waals surface area contributed by atoms with Crippen molar-refractivity contribution >= 4 is 39.7 Å². The number of rotatable bonds is 6. The molecule has 0 aliphatic heterocycles. The van der Waals surface area contributed by atoms with Crippen LogP contribution < -0.4 is 10.2 Å². The van der Waals surface area contributed by atoms with E-state index in [4.69, 9.17) is 16.3 Å². The molecule has 0 saturated heterocycles. The van der Waals surface area contributed by atoms with Gasteiger partial charge in [-0.05, 0) is 59.7 Å². The molecule has 136 valence electrons. The van der Waals surface area contributed by atoms with E-state index in [1.54, 1.807) is 30.5 Å². The molecule has 0 atom stereocenters.